The molecule has 1 atom stereocenters. The van der Waals surface area contributed by atoms with Crippen LogP contribution < -0.4 is 5.30 Å². The van der Waals surface area contributed by atoms with Gasteiger partial charge >= 0.3 is 5.97 Å². The fourth-order valence-electron chi connectivity index (χ4n) is 1.09. The minimum Gasteiger partial charge on any atom is -0.481 e. The maximum absolute atomic E-state index is 12.0. The van der Waals surface area contributed by atoms with Gasteiger partial charge in [0.05, 0.1) is 0 Å². The van der Waals surface area contributed by atoms with Crippen LogP contribution >= 0.6 is 7.37 Å². The predicted molar refractivity (Wildman–Crippen MR) is 53.2 cm³/mol. The van der Waals surface area contributed by atoms with E-state index in [-0.39, 0.29) is 0 Å². The Hall–Kier alpha value is -1.12. The van der Waals surface area contributed by atoms with Crippen LogP contribution in [0.25, 0.3) is 0 Å². The van der Waals surface area contributed by atoms with Gasteiger partial charge in [0.15, 0.2) is 0 Å². The lowest BCUT2D eigenvalue weighted by molar-refractivity contribution is -0.134. The topological polar surface area (TPSA) is 63.6 Å². The molecule has 0 aromatic heterocycles. The molecule has 0 aliphatic rings. The Morgan fingerprint density at radius 2 is 2.00 bits per heavy atom. The Morgan fingerprint density at radius 1 is 1.43 bits per heavy atom. The van der Waals surface area contributed by atoms with Gasteiger partial charge in [-0.1, -0.05) is 18.2 Å². The van der Waals surface area contributed by atoms with Crippen LogP contribution in [-0.4, -0.2) is 24.3 Å². The van der Waals surface area contributed by atoms with E-state index in [2.05, 4.69) is 0 Å². The summed E-state index contributed by atoms with van der Waals surface area (Å²) in [7, 11) is -1.95. The molecule has 0 bridgehead atoms. The summed E-state index contributed by atoms with van der Waals surface area (Å²) in [6.07, 6.45) is -0.479. The quantitative estimate of drug-likeness (QED) is 0.768. The number of carbonyl (C=O) groups is 1. The van der Waals surface area contributed by atoms with Crippen molar-refractivity contribution >= 4 is 18.6 Å². The Morgan fingerprint density at radius 3 is 2.43 bits per heavy atom. The zero-order valence-electron chi connectivity index (χ0n) is 7.71. The molecule has 0 amide bonds. The molecule has 0 saturated carbocycles. The first-order valence-electron chi connectivity index (χ1n) is 4.01. The number of carboxylic acids is 1. The zero-order valence-corrected chi connectivity index (χ0v) is 8.61. The van der Waals surface area contributed by atoms with Crippen molar-refractivity contribution in [1.82, 2.24) is 0 Å². The SMILES string of the molecule is CO[P@](=O)(CC(=O)O)c1ccccc1. The fourth-order valence-corrected chi connectivity index (χ4v) is 2.60. The van der Waals surface area contributed by atoms with Crippen molar-refractivity contribution in [2.24, 2.45) is 0 Å². The normalized spacial score (nSPS) is 14.6. The van der Waals surface area contributed by atoms with Gasteiger partial charge in [-0.15, -0.1) is 0 Å². The maximum Gasteiger partial charge on any atom is 0.313 e. The standard InChI is InChI=1S/C9H11O4P/c1-13-14(12,7-9(10)11)8-5-3-2-4-6-8/h2-6H,7H2,1H3,(H,10,11)/t14-/m1/s1. The molecule has 0 heterocycles. The van der Waals surface area contributed by atoms with E-state index in [4.69, 9.17) is 9.63 Å². The minimum absolute atomic E-state index is 0.435. The number of benzene rings is 1. The van der Waals surface area contributed by atoms with Gasteiger partial charge in [-0.05, 0) is 12.1 Å². The van der Waals surface area contributed by atoms with Crippen LogP contribution in [-0.2, 0) is 13.9 Å². The van der Waals surface area contributed by atoms with E-state index in [1.54, 1.807) is 30.3 Å². The molecule has 0 aliphatic carbocycles. The smallest absolute Gasteiger partial charge is 0.313 e. The zero-order chi connectivity index (χ0) is 10.6. The molecule has 4 nitrogen and oxygen atoms in total. The van der Waals surface area contributed by atoms with Gasteiger partial charge in [0, 0.05) is 12.4 Å². The first-order valence-corrected chi connectivity index (χ1v) is 5.82. The Bertz CT molecular complexity index is 360. The Balaban J connectivity index is 3.02. The fraction of sp³-hybridized carbons (Fsp3) is 0.222. The van der Waals surface area contributed by atoms with Gasteiger partial charge in [-0.2, -0.15) is 0 Å². The van der Waals surface area contributed by atoms with E-state index in [9.17, 15) is 9.36 Å². The average Bonchev–Trinajstić information content (AvgIpc) is 2.18. The average molecular weight is 214 g/mol. The third-order valence-corrected chi connectivity index (χ3v) is 4.15. The first-order chi connectivity index (χ1) is 6.58. The molecule has 1 N–H and O–H groups in total. The van der Waals surface area contributed by atoms with E-state index < -0.39 is 19.5 Å². The monoisotopic (exact) mass is 214 g/mol. The van der Waals surface area contributed by atoms with E-state index in [1.807, 2.05) is 0 Å². The molecule has 0 spiro atoms. The van der Waals surface area contributed by atoms with E-state index in [0.717, 1.165) is 0 Å². The van der Waals surface area contributed by atoms with Crippen LogP contribution in [0.4, 0.5) is 0 Å². The summed E-state index contributed by atoms with van der Waals surface area (Å²) in [6, 6.07) is 8.37. The first kappa shape index (κ1) is 11.0. The van der Waals surface area contributed by atoms with Crippen molar-refractivity contribution < 1.29 is 19.0 Å². The van der Waals surface area contributed by atoms with Gasteiger partial charge in [0.1, 0.15) is 6.16 Å². The maximum atomic E-state index is 12.0. The van der Waals surface area contributed by atoms with Gasteiger partial charge in [0.25, 0.3) is 0 Å². The molecular formula is C9H11O4P. The molecule has 5 heteroatoms. The lowest BCUT2D eigenvalue weighted by atomic mass is 10.4. The lowest BCUT2D eigenvalue weighted by Gasteiger charge is -2.13. The lowest BCUT2D eigenvalue weighted by Crippen LogP contribution is -2.14. The molecule has 76 valence electrons. The third-order valence-electron chi connectivity index (χ3n) is 1.79. The van der Waals surface area contributed by atoms with Crippen LogP contribution in [0.3, 0.4) is 0 Å². The summed E-state index contributed by atoms with van der Waals surface area (Å²) < 4.78 is 16.8. The molecule has 1 aromatic carbocycles. The summed E-state index contributed by atoms with van der Waals surface area (Å²) in [5.41, 5.74) is 0. The molecule has 0 radical (unpaired) electrons. The largest absolute Gasteiger partial charge is 0.481 e. The molecule has 0 saturated heterocycles. The van der Waals surface area contributed by atoms with Crippen LogP contribution in [0.1, 0.15) is 0 Å². The number of hydrogen-bond acceptors (Lipinski definition) is 3. The molecule has 1 rings (SSSR count). The van der Waals surface area contributed by atoms with Crippen molar-refractivity contribution in [2.45, 2.75) is 0 Å². The number of hydrogen-bond donors (Lipinski definition) is 1. The Kier molecular flexibility index (Phi) is 3.44. The van der Waals surface area contributed by atoms with E-state index in [0.29, 0.717) is 5.30 Å². The van der Waals surface area contributed by atoms with Gasteiger partial charge in [-0.3, -0.25) is 9.36 Å². The molecule has 14 heavy (non-hydrogen) atoms. The van der Waals surface area contributed by atoms with Crippen LogP contribution in [0.2, 0.25) is 0 Å². The summed E-state index contributed by atoms with van der Waals surface area (Å²) in [5, 5.41) is 9.02. The van der Waals surface area contributed by atoms with Crippen molar-refractivity contribution in [2.75, 3.05) is 13.3 Å². The van der Waals surface area contributed by atoms with Crippen molar-refractivity contribution in [1.29, 1.82) is 0 Å². The van der Waals surface area contributed by atoms with E-state index in [1.165, 1.54) is 7.11 Å². The molecule has 0 unspecified atom stereocenters. The van der Waals surface area contributed by atoms with E-state index >= 15 is 0 Å². The Labute approximate surface area is 82.0 Å². The van der Waals surface area contributed by atoms with Gasteiger partial charge in [0.2, 0.25) is 7.37 Å². The van der Waals surface area contributed by atoms with Crippen LogP contribution in [0.15, 0.2) is 30.3 Å². The third kappa shape index (κ3) is 2.44. The van der Waals surface area contributed by atoms with Gasteiger partial charge in [-0.25, -0.2) is 0 Å². The highest BCUT2D eigenvalue weighted by molar-refractivity contribution is 7.67. The minimum atomic E-state index is -3.21. The highest BCUT2D eigenvalue weighted by Crippen LogP contribution is 2.44. The number of aliphatic carboxylic acids is 1. The van der Waals surface area contributed by atoms with Crippen molar-refractivity contribution in [3.8, 4) is 0 Å². The number of rotatable bonds is 4. The summed E-state index contributed by atoms with van der Waals surface area (Å²) >= 11 is 0. The molecular weight excluding hydrogens is 203 g/mol. The second-order valence-corrected chi connectivity index (χ2v) is 5.29. The molecule has 0 aliphatic heterocycles. The summed E-state index contributed by atoms with van der Waals surface area (Å²) in [4.78, 5) is 10.5. The predicted octanol–water partition coefficient (Wildman–Crippen LogP) is 1.32. The van der Waals surface area contributed by atoms with Crippen LogP contribution in [0, 0.1) is 0 Å². The number of carboxylic acid groups (broad SMARTS) is 1. The van der Waals surface area contributed by atoms with Crippen LogP contribution in [0.5, 0.6) is 0 Å². The summed E-state index contributed by atoms with van der Waals surface area (Å²) in [6.45, 7) is 0. The van der Waals surface area contributed by atoms with Crippen molar-refractivity contribution in [3.05, 3.63) is 30.3 Å². The molecule has 1 aromatic rings. The van der Waals surface area contributed by atoms with Gasteiger partial charge < -0.3 is 9.63 Å². The second kappa shape index (κ2) is 4.40. The highest BCUT2D eigenvalue weighted by atomic mass is 31.2. The second-order valence-electron chi connectivity index (χ2n) is 2.74. The van der Waals surface area contributed by atoms with Crippen molar-refractivity contribution in [3.63, 3.8) is 0 Å². The highest BCUT2D eigenvalue weighted by Gasteiger charge is 2.27. The molecule has 0 fully saturated rings. The summed E-state index contributed by atoms with van der Waals surface area (Å²) in [5.74, 6) is -1.13.